The lowest BCUT2D eigenvalue weighted by Gasteiger charge is -2.18. The van der Waals surface area contributed by atoms with Gasteiger partial charge in [0.05, 0.1) is 17.8 Å². The number of hydrogen-bond donors (Lipinski definition) is 1. The topological polar surface area (TPSA) is 72.1 Å². The second-order valence-electron chi connectivity index (χ2n) is 4.84. The van der Waals surface area contributed by atoms with Crippen molar-refractivity contribution in [2.45, 2.75) is 20.4 Å². The molecule has 0 unspecified atom stereocenters. The molecule has 2 rings (SSSR count). The standard InChI is InChI=1S/C15H18N4O/c1-10-5-4-6-12(18-10)9-19(3)15(20)13-8-17-11(2)7-14(13)16/h4-8H,9H2,1-3H3,(H2,16,17). The second kappa shape index (κ2) is 5.69. The molecule has 5 heteroatoms. The molecular weight excluding hydrogens is 252 g/mol. The fourth-order valence-electron chi connectivity index (χ4n) is 1.97. The number of carbonyl (C=O) groups is 1. The summed E-state index contributed by atoms with van der Waals surface area (Å²) in [5, 5.41) is 0. The van der Waals surface area contributed by atoms with Gasteiger partial charge in [0.25, 0.3) is 5.91 Å². The number of nitrogens with two attached hydrogens (primary N) is 1. The van der Waals surface area contributed by atoms with Gasteiger partial charge in [-0.3, -0.25) is 14.8 Å². The molecule has 0 aromatic carbocycles. The summed E-state index contributed by atoms with van der Waals surface area (Å²) in [5.41, 5.74) is 9.32. The van der Waals surface area contributed by atoms with Crippen LogP contribution in [0.3, 0.4) is 0 Å². The van der Waals surface area contributed by atoms with Crippen LogP contribution in [0.1, 0.15) is 27.4 Å². The Morgan fingerprint density at radius 2 is 2.05 bits per heavy atom. The van der Waals surface area contributed by atoms with Crippen molar-refractivity contribution in [3.8, 4) is 0 Å². The van der Waals surface area contributed by atoms with E-state index in [4.69, 9.17) is 5.73 Å². The maximum atomic E-state index is 12.3. The number of pyridine rings is 2. The molecule has 0 saturated heterocycles. The van der Waals surface area contributed by atoms with E-state index >= 15 is 0 Å². The van der Waals surface area contributed by atoms with Crippen LogP contribution in [0.15, 0.2) is 30.5 Å². The van der Waals surface area contributed by atoms with Gasteiger partial charge in [0.15, 0.2) is 0 Å². The second-order valence-corrected chi connectivity index (χ2v) is 4.84. The molecule has 0 aliphatic carbocycles. The number of nitrogen functional groups attached to an aromatic ring is 1. The summed E-state index contributed by atoms with van der Waals surface area (Å²) in [6.07, 6.45) is 1.52. The molecule has 0 aliphatic rings. The number of aryl methyl sites for hydroxylation is 2. The zero-order valence-electron chi connectivity index (χ0n) is 11.9. The smallest absolute Gasteiger partial charge is 0.257 e. The average Bonchev–Trinajstić information content (AvgIpc) is 2.38. The lowest BCUT2D eigenvalue weighted by molar-refractivity contribution is 0.0784. The van der Waals surface area contributed by atoms with Crippen molar-refractivity contribution >= 4 is 11.6 Å². The summed E-state index contributed by atoms with van der Waals surface area (Å²) in [4.78, 5) is 22.4. The molecule has 2 N–H and O–H groups in total. The molecule has 0 spiro atoms. The van der Waals surface area contributed by atoms with Gasteiger partial charge in [-0.1, -0.05) is 6.07 Å². The molecule has 20 heavy (non-hydrogen) atoms. The van der Waals surface area contributed by atoms with E-state index in [0.717, 1.165) is 17.1 Å². The molecule has 0 fully saturated rings. The zero-order chi connectivity index (χ0) is 14.7. The van der Waals surface area contributed by atoms with Crippen LogP contribution >= 0.6 is 0 Å². The number of hydrogen-bond acceptors (Lipinski definition) is 4. The largest absolute Gasteiger partial charge is 0.398 e. The average molecular weight is 270 g/mol. The summed E-state index contributed by atoms with van der Waals surface area (Å²) < 4.78 is 0. The highest BCUT2D eigenvalue weighted by Gasteiger charge is 2.16. The summed E-state index contributed by atoms with van der Waals surface area (Å²) in [7, 11) is 1.73. The van der Waals surface area contributed by atoms with Crippen LogP contribution in [-0.2, 0) is 6.54 Å². The van der Waals surface area contributed by atoms with Gasteiger partial charge >= 0.3 is 0 Å². The third-order valence-corrected chi connectivity index (χ3v) is 2.99. The molecule has 0 bridgehead atoms. The summed E-state index contributed by atoms with van der Waals surface area (Å²) >= 11 is 0. The minimum absolute atomic E-state index is 0.154. The van der Waals surface area contributed by atoms with Gasteiger partial charge in [-0.15, -0.1) is 0 Å². The third-order valence-electron chi connectivity index (χ3n) is 2.99. The fraction of sp³-hybridized carbons (Fsp3) is 0.267. The number of anilines is 1. The molecule has 0 aliphatic heterocycles. The Hall–Kier alpha value is -2.43. The first-order valence-electron chi connectivity index (χ1n) is 6.37. The number of nitrogens with zero attached hydrogens (tertiary/aromatic N) is 3. The van der Waals surface area contributed by atoms with E-state index in [1.807, 2.05) is 32.0 Å². The van der Waals surface area contributed by atoms with Gasteiger partial charge in [-0.2, -0.15) is 0 Å². The Morgan fingerprint density at radius 1 is 1.30 bits per heavy atom. The predicted octanol–water partition coefficient (Wildman–Crippen LogP) is 1.95. The minimum atomic E-state index is -0.154. The highest BCUT2D eigenvalue weighted by atomic mass is 16.2. The molecule has 2 aromatic rings. The van der Waals surface area contributed by atoms with Crippen molar-refractivity contribution in [2.75, 3.05) is 12.8 Å². The van der Waals surface area contributed by atoms with E-state index < -0.39 is 0 Å². The fourth-order valence-corrected chi connectivity index (χ4v) is 1.97. The van der Waals surface area contributed by atoms with Gasteiger partial charge in [-0.05, 0) is 32.0 Å². The van der Waals surface area contributed by atoms with E-state index in [2.05, 4.69) is 9.97 Å². The van der Waals surface area contributed by atoms with Crippen molar-refractivity contribution in [1.82, 2.24) is 14.9 Å². The summed E-state index contributed by atoms with van der Waals surface area (Å²) in [6, 6.07) is 7.45. The van der Waals surface area contributed by atoms with Crippen LogP contribution in [-0.4, -0.2) is 27.8 Å². The Kier molecular flexibility index (Phi) is 3.98. The van der Waals surface area contributed by atoms with Crippen LogP contribution in [0.25, 0.3) is 0 Å². The van der Waals surface area contributed by atoms with E-state index in [0.29, 0.717) is 17.8 Å². The number of carbonyl (C=O) groups excluding carboxylic acids is 1. The molecule has 2 heterocycles. The SMILES string of the molecule is Cc1cc(N)c(C(=O)N(C)Cc2cccc(C)n2)cn1. The summed E-state index contributed by atoms with van der Waals surface area (Å²) in [6.45, 7) is 4.20. The Balaban J connectivity index is 2.16. The monoisotopic (exact) mass is 270 g/mol. The molecule has 5 nitrogen and oxygen atoms in total. The first-order chi connectivity index (χ1) is 9.47. The zero-order valence-corrected chi connectivity index (χ0v) is 11.9. The normalized spacial score (nSPS) is 10.3. The molecule has 0 radical (unpaired) electrons. The van der Waals surface area contributed by atoms with Gasteiger partial charge < -0.3 is 10.6 Å². The molecule has 104 valence electrons. The van der Waals surface area contributed by atoms with Crippen LogP contribution in [0, 0.1) is 13.8 Å². The number of amides is 1. The van der Waals surface area contributed by atoms with E-state index in [1.165, 1.54) is 6.20 Å². The highest BCUT2D eigenvalue weighted by molar-refractivity contribution is 5.98. The molecule has 1 amide bonds. The van der Waals surface area contributed by atoms with Crippen molar-refractivity contribution in [3.63, 3.8) is 0 Å². The molecular formula is C15H18N4O. The molecule has 0 atom stereocenters. The lowest BCUT2D eigenvalue weighted by atomic mass is 10.2. The third kappa shape index (κ3) is 3.12. The van der Waals surface area contributed by atoms with E-state index in [1.54, 1.807) is 18.0 Å². The molecule has 0 saturated carbocycles. The van der Waals surface area contributed by atoms with Crippen LogP contribution in [0.5, 0.6) is 0 Å². The summed E-state index contributed by atoms with van der Waals surface area (Å²) in [5.74, 6) is -0.154. The van der Waals surface area contributed by atoms with Crippen LogP contribution < -0.4 is 5.73 Å². The molecule has 2 aromatic heterocycles. The number of aromatic nitrogens is 2. The quantitative estimate of drug-likeness (QED) is 0.925. The van der Waals surface area contributed by atoms with Crippen LogP contribution in [0.2, 0.25) is 0 Å². The van der Waals surface area contributed by atoms with Gasteiger partial charge in [0.2, 0.25) is 0 Å². The predicted molar refractivity (Wildman–Crippen MR) is 78.2 cm³/mol. The Labute approximate surface area is 118 Å². The lowest BCUT2D eigenvalue weighted by Crippen LogP contribution is -2.27. The first-order valence-corrected chi connectivity index (χ1v) is 6.37. The van der Waals surface area contributed by atoms with Gasteiger partial charge in [0, 0.05) is 30.3 Å². The highest BCUT2D eigenvalue weighted by Crippen LogP contribution is 2.14. The Morgan fingerprint density at radius 3 is 2.70 bits per heavy atom. The Bertz CT molecular complexity index is 640. The van der Waals surface area contributed by atoms with Gasteiger partial charge in [-0.25, -0.2) is 0 Å². The first kappa shape index (κ1) is 14.0. The maximum absolute atomic E-state index is 12.3. The van der Waals surface area contributed by atoms with E-state index in [-0.39, 0.29) is 5.91 Å². The van der Waals surface area contributed by atoms with Gasteiger partial charge in [0.1, 0.15) is 0 Å². The van der Waals surface area contributed by atoms with E-state index in [9.17, 15) is 4.79 Å². The van der Waals surface area contributed by atoms with Crippen molar-refractivity contribution in [1.29, 1.82) is 0 Å². The van der Waals surface area contributed by atoms with Crippen molar-refractivity contribution in [2.24, 2.45) is 0 Å². The minimum Gasteiger partial charge on any atom is -0.398 e. The number of rotatable bonds is 3. The maximum Gasteiger partial charge on any atom is 0.257 e. The van der Waals surface area contributed by atoms with Crippen molar-refractivity contribution in [3.05, 3.63) is 53.1 Å². The van der Waals surface area contributed by atoms with Crippen molar-refractivity contribution < 1.29 is 4.79 Å². The van der Waals surface area contributed by atoms with Crippen LogP contribution in [0.4, 0.5) is 5.69 Å².